The molecule has 0 aliphatic rings. The van der Waals surface area contributed by atoms with Crippen LogP contribution >= 0.6 is 0 Å². The number of Topliss-reactive ketones (excluding diaryl/α,β-unsaturated/α-hetero) is 1. The lowest BCUT2D eigenvalue weighted by Crippen LogP contribution is -2.06. The summed E-state index contributed by atoms with van der Waals surface area (Å²) < 4.78 is 18.9. The first-order valence-corrected chi connectivity index (χ1v) is 9.08. The molecule has 4 aromatic rings. The number of rotatable bonds is 6. The molecule has 0 aliphatic heterocycles. The van der Waals surface area contributed by atoms with Crippen molar-refractivity contribution in [3.05, 3.63) is 100 Å². The second-order valence-corrected chi connectivity index (χ2v) is 6.66. The zero-order valence-electron chi connectivity index (χ0n) is 15.4. The van der Waals surface area contributed by atoms with Crippen LogP contribution in [0.4, 0.5) is 4.39 Å². The summed E-state index contributed by atoms with van der Waals surface area (Å²) in [5, 5.41) is 0.700. The molecule has 0 radical (unpaired) electrons. The van der Waals surface area contributed by atoms with Gasteiger partial charge in [-0.15, -0.1) is 0 Å². The summed E-state index contributed by atoms with van der Waals surface area (Å²) in [4.78, 5) is 30.5. The van der Waals surface area contributed by atoms with Crippen molar-refractivity contribution in [2.24, 2.45) is 0 Å². The molecule has 29 heavy (non-hydrogen) atoms. The monoisotopic (exact) mass is 388 g/mol. The van der Waals surface area contributed by atoms with Crippen LogP contribution in [0.15, 0.2) is 77.7 Å². The lowest BCUT2D eigenvalue weighted by Gasteiger charge is -2.09. The highest BCUT2D eigenvalue weighted by atomic mass is 19.1. The van der Waals surface area contributed by atoms with E-state index < -0.39 is 0 Å². The minimum atomic E-state index is -0.315. The van der Waals surface area contributed by atoms with Crippen LogP contribution in [-0.2, 0) is 17.6 Å². The van der Waals surface area contributed by atoms with Crippen LogP contribution < -0.4 is 10.3 Å². The Morgan fingerprint density at radius 1 is 0.897 bits per heavy atom. The Kier molecular flexibility index (Phi) is 5.16. The number of ether oxygens (including phenoxy) is 1. The SMILES string of the molecule is O=C(Cc1ccc(F)cc1)Cc1ccc(Oc2ccnc3[nH]c(=O)ccc23)cc1. The highest BCUT2D eigenvalue weighted by Gasteiger charge is 2.08. The van der Waals surface area contributed by atoms with E-state index in [4.69, 9.17) is 4.74 Å². The molecule has 0 bridgehead atoms. The van der Waals surface area contributed by atoms with Gasteiger partial charge in [0.2, 0.25) is 5.56 Å². The number of nitrogens with one attached hydrogen (secondary N) is 1. The number of pyridine rings is 2. The number of benzene rings is 2. The summed E-state index contributed by atoms with van der Waals surface area (Å²) in [6.45, 7) is 0. The quantitative estimate of drug-likeness (QED) is 0.537. The number of nitrogens with zero attached hydrogens (tertiary/aromatic N) is 1. The number of halogens is 1. The maximum Gasteiger partial charge on any atom is 0.249 e. The molecule has 2 heterocycles. The Bertz CT molecular complexity index is 1220. The van der Waals surface area contributed by atoms with Crippen molar-refractivity contribution in [2.75, 3.05) is 0 Å². The topological polar surface area (TPSA) is 72.0 Å². The molecule has 0 fully saturated rings. The number of H-pyrrole nitrogens is 1. The second kappa shape index (κ2) is 8.06. The summed E-state index contributed by atoms with van der Waals surface area (Å²) in [5.41, 5.74) is 1.89. The third-order valence-electron chi connectivity index (χ3n) is 4.46. The molecule has 0 aliphatic carbocycles. The van der Waals surface area contributed by atoms with Crippen molar-refractivity contribution in [1.29, 1.82) is 0 Å². The first-order valence-electron chi connectivity index (χ1n) is 9.08. The van der Waals surface area contributed by atoms with Crippen LogP contribution in [0.25, 0.3) is 11.0 Å². The molecule has 5 nitrogen and oxygen atoms in total. The van der Waals surface area contributed by atoms with Gasteiger partial charge < -0.3 is 9.72 Å². The summed E-state index contributed by atoms with van der Waals surface area (Å²) in [7, 11) is 0. The van der Waals surface area contributed by atoms with E-state index in [0.717, 1.165) is 11.1 Å². The average Bonchev–Trinajstić information content (AvgIpc) is 2.71. The Labute approximate surface area is 165 Å². The minimum Gasteiger partial charge on any atom is -0.457 e. The van der Waals surface area contributed by atoms with Gasteiger partial charge in [-0.25, -0.2) is 9.37 Å². The zero-order valence-corrected chi connectivity index (χ0v) is 15.4. The Morgan fingerprint density at radius 2 is 1.55 bits per heavy atom. The molecule has 0 saturated heterocycles. The smallest absolute Gasteiger partial charge is 0.249 e. The first-order chi connectivity index (χ1) is 14.1. The molecular weight excluding hydrogens is 371 g/mol. The van der Waals surface area contributed by atoms with E-state index in [9.17, 15) is 14.0 Å². The molecule has 6 heteroatoms. The van der Waals surface area contributed by atoms with Gasteiger partial charge in [-0.05, 0) is 47.5 Å². The van der Waals surface area contributed by atoms with E-state index in [1.807, 2.05) is 12.1 Å². The summed E-state index contributed by atoms with van der Waals surface area (Å²) in [6.07, 6.45) is 2.12. The summed E-state index contributed by atoms with van der Waals surface area (Å²) in [5.74, 6) is 0.921. The summed E-state index contributed by atoms with van der Waals surface area (Å²) >= 11 is 0. The minimum absolute atomic E-state index is 0.0503. The molecule has 0 spiro atoms. The van der Waals surface area contributed by atoms with Crippen LogP contribution in [0.3, 0.4) is 0 Å². The predicted molar refractivity (Wildman–Crippen MR) is 108 cm³/mol. The van der Waals surface area contributed by atoms with Gasteiger partial charge in [-0.2, -0.15) is 0 Å². The van der Waals surface area contributed by atoms with Crippen molar-refractivity contribution in [3.63, 3.8) is 0 Å². The van der Waals surface area contributed by atoms with Crippen molar-refractivity contribution in [2.45, 2.75) is 12.8 Å². The standard InChI is InChI=1S/C23H17FN2O3/c24-17-5-1-15(2-6-17)13-18(27)14-16-3-7-19(8-4-16)29-21-11-12-25-23-20(21)9-10-22(28)26-23/h1-12H,13-14H2,(H,25,26,28). The van der Waals surface area contributed by atoms with E-state index in [2.05, 4.69) is 9.97 Å². The lowest BCUT2D eigenvalue weighted by atomic mass is 10.0. The number of carbonyl (C=O) groups is 1. The third-order valence-corrected chi connectivity index (χ3v) is 4.46. The highest BCUT2D eigenvalue weighted by molar-refractivity contribution is 5.83. The van der Waals surface area contributed by atoms with E-state index in [0.29, 0.717) is 22.5 Å². The molecule has 0 saturated carbocycles. The van der Waals surface area contributed by atoms with Gasteiger partial charge >= 0.3 is 0 Å². The molecule has 144 valence electrons. The van der Waals surface area contributed by atoms with Crippen molar-refractivity contribution >= 4 is 16.8 Å². The van der Waals surface area contributed by atoms with E-state index in [1.54, 1.807) is 42.6 Å². The van der Waals surface area contributed by atoms with Gasteiger partial charge in [0, 0.05) is 25.1 Å². The predicted octanol–water partition coefficient (Wildman–Crippen LogP) is 4.21. The van der Waals surface area contributed by atoms with Crippen LogP contribution in [0, 0.1) is 5.82 Å². The lowest BCUT2D eigenvalue weighted by molar-refractivity contribution is -0.117. The van der Waals surface area contributed by atoms with Crippen molar-refractivity contribution in [1.82, 2.24) is 9.97 Å². The largest absolute Gasteiger partial charge is 0.457 e. The third kappa shape index (κ3) is 4.55. The van der Waals surface area contributed by atoms with Gasteiger partial charge in [0.15, 0.2) is 0 Å². The molecule has 0 amide bonds. The maximum atomic E-state index is 13.0. The fourth-order valence-corrected chi connectivity index (χ4v) is 3.04. The second-order valence-electron chi connectivity index (χ2n) is 6.66. The fourth-order valence-electron chi connectivity index (χ4n) is 3.04. The van der Waals surface area contributed by atoms with Crippen LogP contribution in [0.1, 0.15) is 11.1 Å². The first kappa shape index (κ1) is 18.6. The Balaban J connectivity index is 1.43. The number of hydrogen-bond donors (Lipinski definition) is 1. The molecule has 1 N–H and O–H groups in total. The Morgan fingerprint density at radius 3 is 2.24 bits per heavy atom. The number of carbonyl (C=O) groups excluding carboxylic acids is 1. The molecule has 2 aromatic heterocycles. The van der Waals surface area contributed by atoms with Gasteiger partial charge in [0.1, 0.15) is 28.7 Å². The molecule has 0 atom stereocenters. The zero-order chi connectivity index (χ0) is 20.2. The molecule has 0 unspecified atom stereocenters. The van der Waals surface area contributed by atoms with Gasteiger partial charge in [-0.1, -0.05) is 24.3 Å². The van der Waals surface area contributed by atoms with Gasteiger partial charge in [-0.3, -0.25) is 9.59 Å². The number of hydrogen-bond acceptors (Lipinski definition) is 4. The van der Waals surface area contributed by atoms with Gasteiger partial charge in [0.05, 0.1) is 5.39 Å². The van der Waals surface area contributed by atoms with Gasteiger partial charge in [0.25, 0.3) is 0 Å². The number of fused-ring (bicyclic) bond motifs is 1. The Hall–Kier alpha value is -3.80. The van der Waals surface area contributed by atoms with E-state index >= 15 is 0 Å². The maximum absolute atomic E-state index is 13.0. The number of ketones is 1. The molecule has 4 rings (SSSR count). The van der Waals surface area contributed by atoms with Crippen LogP contribution in [0.2, 0.25) is 0 Å². The van der Waals surface area contributed by atoms with Crippen molar-refractivity contribution in [3.8, 4) is 11.5 Å². The fraction of sp³-hybridized carbons (Fsp3) is 0.0870. The molecule has 2 aromatic carbocycles. The summed E-state index contributed by atoms with van der Waals surface area (Å²) in [6, 6.07) is 18.0. The normalized spacial score (nSPS) is 10.8. The van der Waals surface area contributed by atoms with E-state index in [-0.39, 0.29) is 30.0 Å². The van der Waals surface area contributed by atoms with Crippen molar-refractivity contribution < 1.29 is 13.9 Å². The molecular formula is C23H17FN2O3. The van der Waals surface area contributed by atoms with Crippen LogP contribution in [-0.4, -0.2) is 15.8 Å². The number of aromatic amines is 1. The highest BCUT2D eigenvalue weighted by Crippen LogP contribution is 2.27. The average molecular weight is 388 g/mol. The number of aromatic nitrogens is 2. The van der Waals surface area contributed by atoms with E-state index in [1.165, 1.54) is 18.2 Å². The van der Waals surface area contributed by atoms with Crippen LogP contribution in [0.5, 0.6) is 11.5 Å².